The molecule has 168 valence electrons. The Bertz CT molecular complexity index is 813. The van der Waals surface area contributed by atoms with E-state index in [1.807, 2.05) is 12.1 Å². The Balaban J connectivity index is 1.72. The first-order chi connectivity index (χ1) is 15.1. The highest BCUT2D eigenvalue weighted by molar-refractivity contribution is 5.96. The predicted octanol–water partition coefficient (Wildman–Crippen LogP) is 3.74. The summed E-state index contributed by atoms with van der Waals surface area (Å²) in [7, 11) is 1.59. The molecule has 0 bridgehead atoms. The SMILES string of the molecule is CCCCN(CC(=O)N(Cc1ccco1)CC1CCCO1)C(=O)c1ccc(OC)cc1. The van der Waals surface area contributed by atoms with Crippen molar-refractivity contribution in [3.05, 3.63) is 54.0 Å². The van der Waals surface area contributed by atoms with Crippen molar-refractivity contribution in [2.45, 2.75) is 45.3 Å². The third-order valence-electron chi connectivity index (χ3n) is 5.46. The van der Waals surface area contributed by atoms with Crippen LogP contribution in [-0.2, 0) is 16.1 Å². The Hall–Kier alpha value is -2.80. The van der Waals surface area contributed by atoms with Crippen LogP contribution in [0.15, 0.2) is 47.1 Å². The Labute approximate surface area is 183 Å². The molecule has 2 heterocycles. The molecule has 1 aliphatic heterocycles. The van der Waals surface area contributed by atoms with E-state index in [0.717, 1.165) is 32.3 Å². The first-order valence-corrected chi connectivity index (χ1v) is 11.0. The second-order valence-electron chi connectivity index (χ2n) is 7.80. The van der Waals surface area contributed by atoms with Crippen molar-refractivity contribution in [1.29, 1.82) is 0 Å². The number of unbranched alkanes of at least 4 members (excludes halogenated alkanes) is 1. The number of benzene rings is 1. The number of rotatable bonds is 11. The van der Waals surface area contributed by atoms with Gasteiger partial charge >= 0.3 is 0 Å². The highest BCUT2D eigenvalue weighted by Crippen LogP contribution is 2.17. The Morgan fingerprint density at radius 3 is 2.58 bits per heavy atom. The summed E-state index contributed by atoms with van der Waals surface area (Å²) >= 11 is 0. The molecule has 7 nitrogen and oxygen atoms in total. The summed E-state index contributed by atoms with van der Waals surface area (Å²) < 4.78 is 16.4. The monoisotopic (exact) mass is 428 g/mol. The van der Waals surface area contributed by atoms with E-state index in [1.54, 1.807) is 47.4 Å². The average molecular weight is 429 g/mol. The van der Waals surface area contributed by atoms with E-state index >= 15 is 0 Å². The number of hydrogen-bond acceptors (Lipinski definition) is 5. The maximum absolute atomic E-state index is 13.3. The summed E-state index contributed by atoms with van der Waals surface area (Å²) in [5.74, 6) is 1.14. The van der Waals surface area contributed by atoms with Gasteiger partial charge in [-0.1, -0.05) is 13.3 Å². The van der Waals surface area contributed by atoms with Gasteiger partial charge in [-0.15, -0.1) is 0 Å². The van der Waals surface area contributed by atoms with Crippen LogP contribution in [0.5, 0.6) is 5.75 Å². The van der Waals surface area contributed by atoms with Crippen LogP contribution < -0.4 is 4.74 Å². The minimum atomic E-state index is -0.153. The molecule has 1 aromatic carbocycles. The summed E-state index contributed by atoms with van der Waals surface area (Å²) in [6.07, 6.45) is 5.34. The van der Waals surface area contributed by atoms with Gasteiger partial charge in [0.25, 0.3) is 5.91 Å². The fourth-order valence-corrected chi connectivity index (χ4v) is 3.66. The van der Waals surface area contributed by atoms with Gasteiger partial charge in [-0.3, -0.25) is 9.59 Å². The minimum Gasteiger partial charge on any atom is -0.497 e. The Morgan fingerprint density at radius 2 is 1.97 bits per heavy atom. The van der Waals surface area contributed by atoms with Gasteiger partial charge in [0.15, 0.2) is 0 Å². The van der Waals surface area contributed by atoms with Crippen LogP contribution >= 0.6 is 0 Å². The summed E-state index contributed by atoms with van der Waals surface area (Å²) in [6, 6.07) is 10.6. The van der Waals surface area contributed by atoms with Gasteiger partial charge in [0.1, 0.15) is 18.1 Å². The quantitative estimate of drug-likeness (QED) is 0.545. The molecule has 1 unspecified atom stereocenters. The zero-order valence-electron chi connectivity index (χ0n) is 18.4. The second kappa shape index (κ2) is 11.6. The Kier molecular flexibility index (Phi) is 8.53. The molecule has 0 aliphatic carbocycles. The van der Waals surface area contributed by atoms with Gasteiger partial charge in [-0.25, -0.2) is 0 Å². The maximum atomic E-state index is 13.3. The largest absolute Gasteiger partial charge is 0.497 e. The molecule has 0 spiro atoms. The summed E-state index contributed by atoms with van der Waals surface area (Å²) in [4.78, 5) is 29.8. The summed E-state index contributed by atoms with van der Waals surface area (Å²) in [5.41, 5.74) is 0.543. The molecule has 2 amide bonds. The average Bonchev–Trinajstić information content (AvgIpc) is 3.50. The normalized spacial score (nSPS) is 15.6. The van der Waals surface area contributed by atoms with E-state index in [9.17, 15) is 9.59 Å². The van der Waals surface area contributed by atoms with E-state index in [1.165, 1.54) is 0 Å². The first kappa shape index (κ1) is 22.9. The molecule has 1 aliphatic rings. The third-order valence-corrected chi connectivity index (χ3v) is 5.46. The Morgan fingerprint density at radius 1 is 1.16 bits per heavy atom. The standard InChI is InChI=1S/C24H32N2O5/c1-3-4-13-25(24(28)19-9-11-20(29-2)12-10-19)18-23(27)26(16-21-7-5-14-30-21)17-22-8-6-15-31-22/h5,7,9-12,14,22H,3-4,6,8,13,15-18H2,1-2H3. The number of hydrogen-bond donors (Lipinski definition) is 0. The van der Waals surface area contributed by atoms with E-state index in [0.29, 0.717) is 36.7 Å². The van der Waals surface area contributed by atoms with Crippen molar-refractivity contribution in [2.75, 3.05) is 33.4 Å². The zero-order valence-corrected chi connectivity index (χ0v) is 18.4. The molecule has 1 atom stereocenters. The van der Waals surface area contributed by atoms with Crippen LogP contribution in [0.2, 0.25) is 0 Å². The fraction of sp³-hybridized carbons (Fsp3) is 0.500. The van der Waals surface area contributed by atoms with Gasteiger partial charge in [0.05, 0.1) is 26.0 Å². The molecule has 0 saturated carbocycles. The molecule has 7 heteroatoms. The lowest BCUT2D eigenvalue weighted by Gasteiger charge is -2.29. The highest BCUT2D eigenvalue weighted by atomic mass is 16.5. The van der Waals surface area contributed by atoms with Gasteiger partial charge < -0.3 is 23.7 Å². The zero-order chi connectivity index (χ0) is 22.1. The molecule has 1 fully saturated rings. The van der Waals surface area contributed by atoms with Crippen molar-refractivity contribution in [3.63, 3.8) is 0 Å². The molecular weight excluding hydrogens is 396 g/mol. The van der Waals surface area contributed by atoms with Crippen LogP contribution in [0.3, 0.4) is 0 Å². The molecule has 3 rings (SSSR count). The first-order valence-electron chi connectivity index (χ1n) is 11.0. The van der Waals surface area contributed by atoms with Crippen LogP contribution in [0.1, 0.15) is 48.7 Å². The van der Waals surface area contributed by atoms with Crippen LogP contribution in [0.25, 0.3) is 0 Å². The molecule has 1 saturated heterocycles. The summed E-state index contributed by atoms with van der Waals surface area (Å²) in [6.45, 7) is 4.21. The van der Waals surface area contributed by atoms with E-state index in [4.69, 9.17) is 13.9 Å². The molecule has 1 aromatic heterocycles. The third kappa shape index (κ3) is 6.59. The number of methoxy groups -OCH3 is 1. The van der Waals surface area contributed by atoms with E-state index < -0.39 is 0 Å². The lowest BCUT2D eigenvalue weighted by atomic mass is 10.1. The lowest BCUT2D eigenvalue weighted by molar-refractivity contribution is -0.134. The number of nitrogens with zero attached hydrogens (tertiary/aromatic N) is 2. The van der Waals surface area contributed by atoms with Crippen LogP contribution in [0.4, 0.5) is 0 Å². The van der Waals surface area contributed by atoms with Crippen molar-refractivity contribution < 1.29 is 23.5 Å². The number of amides is 2. The van der Waals surface area contributed by atoms with Crippen molar-refractivity contribution in [1.82, 2.24) is 9.80 Å². The highest BCUT2D eigenvalue weighted by Gasteiger charge is 2.26. The molecule has 0 radical (unpaired) electrons. The van der Waals surface area contributed by atoms with Crippen molar-refractivity contribution >= 4 is 11.8 Å². The molecule has 2 aromatic rings. The molecule has 31 heavy (non-hydrogen) atoms. The molecule has 0 N–H and O–H groups in total. The predicted molar refractivity (Wildman–Crippen MR) is 117 cm³/mol. The van der Waals surface area contributed by atoms with Gasteiger partial charge in [0.2, 0.25) is 5.91 Å². The van der Waals surface area contributed by atoms with Crippen molar-refractivity contribution in [2.24, 2.45) is 0 Å². The van der Waals surface area contributed by atoms with E-state index in [-0.39, 0.29) is 24.5 Å². The van der Waals surface area contributed by atoms with Gasteiger partial charge in [0, 0.05) is 25.3 Å². The van der Waals surface area contributed by atoms with Crippen LogP contribution in [0, 0.1) is 0 Å². The molecular formula is C24H32N2O5. The number of ether oxygens (including phenoxy) is 2. The number of carbonyl (C=O) groups is 2. The number of carbonyl (C=O) groups excluding carboxylic acids is 2. The second-order valence-corrected chi connectivity index (χ2v) is 7.80. The summed E-state index contributed by atoms with van der Waals surface area (Å²) in [5, 5.41) is 0. The van der Waals surface area contributed by atoms with Crippen molar-refractivity contribution in [3.8, 4) is 5.75 Å². The number of furan rings is 1. The fourth-order valence-electron chi connectivity index (χ4n) is 3.66. The van der Waals surface area contributed by atoms with Crippen LogP contribution in [-0.4, -0.2) is 61.1 Å². The smallest absolute Gasteiger partial charge is 0.254 e. The van der Waals surface area contributed by atoms with E-state index in [2.05, 4.69) is 6.92 Å². The minimum absolute atomic E-state index is 0.0261. The topological polar surface area (TPSA) is 72.2 Å². The van der Waals surface area contributed by atoms with Gasteiger partial charge in [-0.05, 0) is 55.7 Å². The van der Waals surface area contributed by atoms with Gasteiger partial charge in [-0.2, -0.15) is 0 Å². The lowest BCUT2D eigenvalue weighted by Crippen LogP contribution is -2.45. The maximum Gasteiger partial charge on any atom is 0.254 e.